The third-order valence-corrected chi connectivity index (χ3v) is 5.03. The van der Waals surface area contributed by atoms with Gasteiger partial charge in [-0.1, -0.05) is 29.8 Å². The predicted molar refractivity (Wildman–Crippen MR) is 101 cm³/mol. The average Bonchev–Trinajstić information content (AvgIpc) is 3.30. The molecular formula is C18H19ClN2O3S. The summed E-state index contributed by atoms with van der Waals surface area (Å²) in [5.41, 5.74) is 2.88. The van der Waals surface area contributed by atoms with Crippen molar-refractivity contribution < 1.29 is 13.2 Å². The van der Waals surface area contributed by atoms with E-state index in [1.165, 1.54) is 0 Å². The Morgan fingerprint density at radius 2 is 1.96 bits per heavy atom. The number of hydrogen-bond donors (Lipinski definition) is 2. The Morgan fingerprint density at radius 3 is 2.64 bits per heavy atom. The lowest BCUT2D eigenvalue weighted by Crippen LogP contribution is -2.15. The lowest BCUT2D eigenvalue weighted by atomic mass is 10.1. The highest BCUT2D eigenvalue weighted by Gasteiger charge is 2.44. The van der Waals surface area contributed by atoms with Crippen molar-refractivity contribution in [3.63, 3.8) is 0 Å². The summed E-state index contributed by atoms with van der Waals surface area (Å²) < 4.78 is 25.3. The van der Waals surface area contributed by atoms with E-state index in [4.69, 9.17) is 11.6 Å². The van der Waals surface area contributed by atoms with Crippen LogP contribution in [0.3, 0.4) is 0 Å². The summed E-state index contributed by atoms with van der Waals surface area (Å²) in [6.07, 6.45) is 1.88. The molecule has 0 aliphatic heterocycles. The van der Waals surface area contributed by atoms with Crippen LogP contribution in [0.2, 0.25) is 5.02 Å². The molecule has 2 atom stereocenters. The van der Waals surface area contributed by atoms with Crippen LogP contribution in [-0.2, 0) is 14.8 Å². The fourth-order valence-corrected chi connectivity index (χ4v) is 3.65. The molecule has 2 aromatic carbocycles. The maximum atomic E-state index is 12.4. The first-order valence-electron chi connectivity index (χ1n) is 7.88. The van der Waals surface area contributed by atoms with Gasteiger partial charge in [0, 0.05) is 16.6 Å². The normalized spacial score (nSPS) is 19.3. The molecule has 1 aliphatic rings. The first-order chi connectivity index (χ1) is 11.7. The Kier molecular flexibility index (Phi) is 4.75. The van der Waals surface area contributed by atoms with Crippen LogP contribution in [-0.4, -0.2) is 20.6 Å². The summed E-state index contributed by atoms with van der Waals surface area (Å²) in [4.78, 5) is 12.4. The number of hydrogen-bond acceptors (Lipinski definition) is 3. The Labute approximate surface area is 152 Å². The maximum Gasteiger partial charge on any atom is 0.229 e. The summed E-state index contributed by atoms with van der Waals surface area (Å²) in [6, 6.07) is 12.7. The second kappa shape index (κ2) is 6.69. The van der Waals surface area contributed by atoms with Crippen LogP contribution in [0.4, 0.5) is 11.4 Å². The summed E-state index contributed by atoms with van der Waals surface area (Å²) in [5.74, 6) is 0.0167. The highest BCUT2D eigenvalue weighted by molar-refractivity contribution is 7.92. The molecule has 0 radical (unpaired) electrons. The van der Waals surface area contributed by atoms with Gasteiger partial charge in [-0.05, 0) is 54.7 Å². The molecule has 3 rings (SSSR count). The van der Waals surface area contributed by atoms with E-state index in [9.17, 15) is 13.2 Å². The molecule has 132 valence electrons. The van der Waals surface area contributed by atoms with Crippen molar-refractivity contribution in [2.45, 2.75) is 19.3 Å². The number of benzene rings is 2. The second-order valence-corrected chi connectivity index (χ2v) is 8.58. The van der Waals surface area contributed by atoms with Crippen molar-refractivity contribution in [1.82, 2.24) is 0 Å². The maximum absolute atomic E-state index is 12.4. The average molecular weight is 379 g/mol. The van der Waals surface area contributed by atoms with E-state index in [0.717, 1.165) is 23.8 Å². The molecule has 0 saturated heterocycles. The van der Waals surface area contributed by atoms with Gasteiger partial charge in [0.05, 0.1) is 11.9 Å². The molecule has 1 fully saturated rings. The van der Waals surface area contributed by atoms with Crippen LogP contribution in [0.15, 0.2) is 42.5 Å². The third kappa shape index (κ3) is 4.52. The minimum absolute atomic E-state index is 0.0702. The minimum atomic E-state index is -3.37. The minimum Gasteiger partial charge on any atom is -0.326 e. The molecule has 0 aromatic heterocycles. The van der Waals surface area contributed by atoms with Crippen LogP contribution >= 0.6 is 11.6 Å². The van der Waals surface area contributed by atoms with E-state index in [0.29, 0.717) is 16.4 Å². The predicted octanol–water partition coefficient (Wildman–Crippen LogP) is 3.76. The quantitative estimate of drug-likeness (QED) is 0.831. The zero-order chi connectivity index (χ0) is 18.2. The van der Waals surface area contributed by atoms with Crippen LogP contribution < -0.4 is 10.0 Å². The number of halogens is 1. The molecular weight excluding hydrogens is 360 g/mol. The molecule has 0 bridgehead atoms. The van der Waals surface area contributed by atoms with Gasteiger partial charge >= 0.3 is 0 Å². The van der Waals surface area contributed by atoms with Crippen molar-refractivity contribution in [2.24, 2.45) is 5.92 Å². The number of amides is 1. The first-order valence-corrected chi connectivity index (χ1v) is 10.1. The Morgan fingerprint density at radius 1 is 1.20 bits per heavy atom. The fraction of sp³-hybridized carbons (Fsp3) is 0.278. The third-order valence-electron chi connectivity index (χ3n) is 4.20. The molecule has 2 unspecified atom stereocenters. The first kappa shape index (κ1) is 17.8. The van der Waals surface area contributed by atoms with Gasteiger partial charge in [0.1, 0.15) is 0 Å². The fourth-order valence-electron chi connectivity index (χ4n) is 2.83. The number of aryl methyl sites for hydroxylation is 1. The van der Waals surface area contributed by atoms with E-state index in [2.05, 4.69) is 10.0 Å². The zero-order valence-corrected chi connectivity index (χ0v) is 15.5. The monoisotopic (exact) mass is 378 g/mol. The van der Waals surface area contributed by atoms with E-state index in [-0.39, 0.29) is 17.7 Å². The van der Waals surface area contributed by atoms with Crippen molar-refractivity contribution in [1.29, 1.82) is 0 Å². The van der Waals surface area contributed by atoms with E-state index < -0.39 is 10.0 Å². The summed E-state index contributed by atoms with van der Waals surface area (Å²) in [5, 5.41) is 3.53. The number of sulfonamides is 1. The SMILES string of the molecule is Cc1ccc(NC(=O)C2CC2c2cccc(Cl)c2)cc1NS(C)(=O)=O. The number of carbonyl (C=O) groups excluding carboxylic acids is 1. The zero-order valence-electron chi connectivity index (χ0n) is 13.9. The lowest BCUT2D eigenvalue weighted by molar-refractivity contribution is -0.117. The lowest BCUT2D eigenvalue weighted by Gasteiger charge is -2.11. The molecule has 7 heteroatoms. The summed E-state index contributed by atoms with van der Waals surface area (Å²) >= 11 is 6.00. The number of carbonyl (C=O) groups is 1. The van der Waals surface area contributed by atoms with Gasteiger partial charge in [0.2, 0.25) is 15.9 Å². The van der Waals surface area contributed by atoms with Crippen LogP contribution in [0, 0.1) is 12.8 Å². The largest absolute Gasteiger partial charge is 0.326 e. The van der Waals surface area contributed by atoms with Crippen molar-refractivity contribution in [3.05, 3.63) is 58.6 Å². The summed E-state index contributed by atoms with van der Waals surface area (Å²) in [7, 11) is -3.37. The van der Waals surface area contributed by atoms with Gasteiger partial charge in [-0.25, -0.2) is 8.42 Å². The smallest absolute Gasteiger partial charge is 0.229 e. The highest BCUT2D eigenvalue weighted by atomic mass is 35.5. The highest BCUT2D eigenvalue weighted by Crippen LogP contribution is 2.48. The van der Waals surface area contributed by atoms with E-state index in [1.807, 2.05) is 24.3 Å². The van der Waals surface area contributed by atoms with Crippen molar-refractivity contribution in [3.8, 4) is 0 Å². The van der Waals surface area contributed by atoms with Crippen LogP contribution in [0.5, 0.6) is 0 Å². The Hall–Kier alpha value is -2.05. The molecule has 1 amide bonds. The topological polar surface area (TPSA) is 75.3 Å². The van der Waals surface area contributed by atoms with Gasteiger partial charge in [-0.2, -0.15) is 0 Å². The van der Waals surface area contributed by atoms with Crippen molar-refractivity contribution in [2.75, 3.05) is 16.3 Å². The molecule has 2 N–H and O–H groups in total. The van der Waals surface area contributed by atoms with E-state index in [1.54, 1.807) is 25.1 Å². The van der Waals surface area contributed by atoms with Crippen molar-refractivity contribution >= 4 is 38.9 Å². The molecule has 0 spiro atoms. The molecule has 0 heterocycles. The van der Waals surface area contributed by atoms with Gasteiger partial charge in [0.25, 0.3) is 0 Å². The van der Waals surface area contributed by atoms with Gasteiger partial charge in [0.15, 0.2) is 0 Å². The second-order valence-electron chi connectivity index (χ2n) is 6.40. The molecule has 5 nitrogen and oxygen atoms in total. The van der Waals surface area contributed by atoms with Gasteiger partial charge in [-0.15, -0.1) is 0 Å². The molecule has 2 aromatic rings. The number of nitrogens with one attached hydrogen (secondary N) is 2. The van der Waals surface area contributed by atoms with Crippen LogP contribution in [0.25, 0.3) is 0 Å². The van der Waals surface area contributed by atoms with Crippen LogP contribution in [0.1, 0.15) is 23.5 Å². The molecule has 25 heavy (non-hydrogen) atoms. The van der Waals surface area contributed by atoms with Gasteiger partial charge < -0.3 is 5.32 Å². The molecule has 1 saturated carbocycles. The number of anilines is 2. The Bertz CT molecular complexity index is 928. The molecule has 1 aliphatic carbocycles. The van der Waals surface area contributed by atoms with E-state index >= 15 is 0 Å². The number of rotatable bonds is 5. The Balaban J connectivity index is 1.69. The summed E-state index contributed by atoms with van der Waals surface area (Å²) in [6.45, 7) is 1.80. The van der Waals surface area contributed by atoms with Gasteiger partial charge in [-0.3, -0.25) is 9.52 Å². The standard InChI is InChI=1S/C18H19ClN2O3S/c1-11-6-7-14(9-17(11)21-25(2,23)24)20-18(22)16-10-15(16)12-4-3-5-13(19)8-12/h3-9,15-16,21H,10H2,1-2H3,(H,20,22).